The Bertz CT molecular complexity index is 944. The third-order valence-corrected chi connectivity index (χ3v) is 4.64. The van der Waals surface area contributed by atoms with Crippen LogP contribution in [-0.4, -0.2) is 22.3 Å². The number of rotatable bonds is 3. The smallest absolute Gasteiger partial charge is 0.254 e. The van der Waals surface area contributed by atoms with Crippen molar-refractivity contribution in [1.82, 2.24) is 9.88 Å². The SMILES string of the molecule is O=C(c1cccc(Oc2ccccn2)c1)N1CCc2cc(Cl)ccc2C1. The van der Waals surface area contributed by atoms with Gasteiger partial charge in [-0.15, -0.1) is 0 Å². The van der Waals surface area contributed by atoms with Gasteiger partial charge < -0.3 is 9.64 Å². The lowest BCUT2D eigenvalue weighted by Crippen LogP contribution is -2.35. The van der Waals surface area contributed by atoms with Gasteiger partial charge in [-0.25, -0.2) is 4.98 Å². The summed E-state index contributed by atoms with van der Waals surface area (Å²) in [6.07, 6.45) is 2.48. The minimum absolute atomic E-state index is 0.00271. The number of benzene rings is 2. The predicted octanol–water partition coefficient (Wildman–Crippen LogP) is 4.73. The Balaban J connectivity index is 1.52. The van der Waals surface area contributed by atoms with Crippen molar-refractivity contribution in [2.45, 2.75) is 13.0 Å². The largest absolute Gasteiger partial charge is 0.439 e. The van der Waals surface area contributed by atoms with Crippen molar-refractivity contribution in [2.24, 2.45) is 0 Å². The Morgan fingerprint density at radius 1 is 1.04 bits per heavy atom. The van der Waals surface area contributed by atoms with Crippen molar-refractivity contribution in [2.75, 3.05) is 6.54 Å². The minimum atomic E-state index is -0.00271. The molecule has 2 heterocycles. The van der Waals surface area contributed by atoms with Gasteiger partial charge in [0, 0.05) is 35.9 Å². The molecule has 130 valence electrons. The Morgan fingerprint density at radius 2 is 1.96 bits per heavy atom. The number of nitrogens with zero attached hydrogens (tertiary/aromatic N) is 2. The van der Waals surface area contributed by atoms with Crippen molar-refractivity contribution in [1.29, 1.82) is 0 Å². The highest BCUT2D eigenvalue weighted by Crippen LogP contribution is 2.25. The van der Waals surface area contributed by atoms with E-state index in [1.807, 2.05) is 53.4 Å². The molecule has 1 amide bonds. The summed E-state index contributed by atoms with van der Waals surface area (Å²) in [7, 11) is 0. The Morgan fingerprint density at radius 3 is 2.81 bits per heavy atom. The first-order valence-electron chi connectivity index (χ1n) is 8.44. The molecule has 0 atom stereocenters. The van der Waals surface area contributed by atoms with Crippen molar-refractivity contribution >= 4 is 17.5 Å². The second-order valence-electron chi connectivity index (χ2n) is 6.19. The van der Waals surface area contributed by atoms with Crippen LogP contribution in [0.15, 0.2) is 66.9 Å². The minimum Gasteiger partial charge on any atom is -0.439 e. The lowest BCUT2D eigenvalue weighted by molar-refractivity contribution is 0.0734. The number of amides is 1. The summed E-state index contributed by atoms with van der Waals surface area (Å²) in [4.78, 5) is 18.9. The first-order chi connectivity index (χ1) is 12.7. The lowest BCUT2D eigenvalue weighted by Gasteiger charge is -2.29. The molecule has 1 aliphatic heterocycles. The molecule has 0 bridgehead atoms. The molecule has 0 N–H and O–H groups in total. The fourth-order valence-electron chi connectivity index (χ4n) is 3.10. The summed E-state index contributed by atoms with van der Waals surface area (Å²) in [5, 5.41) is 0.739. The average Bonchev–Trinajstić information content (AvgIpc) is 2.68. The number of fused-ring (bicyclic) bond motifs is 1. The standard InChI is InChI=1S/C21H17ClN2O2/c22-18-8-7-17-14-24(11-9-15(17)12-18)21(25)16-4-3-5-19(13-16)26-20-6-1-2-10-23-20/h1-8,10,12-13H,9,11,14H2. The number of ether oxygens (including phenoxy) is 1. The molecule has 0 spiro atoms. The number of pyridine rings is 1. The number of aromatic nitrogens is 1. The molecule has 1 aliphatic rings. The highest BCUT2D eigenvalue weighted by Gasteiger charge is 2.22. The van der Waals surface area contributed by atoms with Gasteiger partial charge in [-0.3, -0.25) is 4.79 Å². The van der Waals surface area contributed by atoms with Crippen LogP contribution in [0.25, 0.3) is 0 Å². The number of hydrogen-bond acceptors (Lipinski definition) is 3. The van der Waals surface area contributed by atoms with Crippen LogP contribution in [0.4, 0.5) is 0 Å². The van der Waals surface area contributed by atoms with E-state index in [1.54, 1.807) is 18.3 Å². The Hall–Kier alpha value is -2.85. The molecule has 3 aromatic rings. The second kappa shape index (κ2) is 7.18. The molecule has 0 fully saturated rings. The third kappa shape index (κ3) is 3.55. The van der Waals surface area contributed by atoms with Crippen LogP contribution in [0.1, 0.15) is 21.5 Å². The van der Waals surface area contributed by atoms with Crippen LogP contribution in [0.2, 0.25) is 5.02 Å². The highest BCUT2D eigenvalue weighted by atomic mass is 35.5. The Labute approximate surface area is 157 Å². The van der Waals surface area contributed by atoms with Crippen LogP contribution >= 0.6 is 11.6 Å². The zero-order valence-corrected chi connectivity index (χ0v) is 14.8. The lowest BCUT2D eigenvalue weighted by atomic mass is 9.99. The fraction of sp³-hybridized carbons (Fsp3) is 0.143. The zero-order chi connectivity index (χ0) is 17.9. The molecule has 1 aromatic heterocycles. The number of carbonyl (C=O) groups excluding carboxylic acids is 1. The van der Waals surface area contributed by atoms with E-state index in [-0.39, 0.29) is 5.91 Å². The summed E-state index contributed by atoms with van der Waals surface area (Å²) in [5.41, 5.74) is 2.97. The van der Waals surface area contributed by atoms with Crippen molar-refractivity contribution in [3.63, 3.8) is 0 Å². The molecule has 4 rings (SSSR count). The van der Waals surface area contributed by atoms with Crippen LogP contribution in [0.3, 0.4) is 0 Å². The van der Waals surface area contributed by atoms with Crippen molar-refractivity contribution in [3.05, 3.63) is 88.6 Å². The summed E-state index contributed by atoms with van der Waals surface area (Å²) in [6.45, 7) is 1.27. The van der Waals surface area contributed by atoms with E-state index < -0.39 is 0 Å². The van der Waals surface area contributed by atoms with E-state index in [4.69, 9.17) is 16.3 Å². The van der Waals surface area contributed by atoms with E-state index in [2.05, 4.69) is 4.98 Å². The second-order valence-corrected chi connectivity index (χ2v) is 6.62. The van der Waals surface area contributed by atoms with Crippen LogP contribution in [0.5, 0.6) is 11.6 Å². The summed E-state index contributed by atoms with van der Waals surface area (Å²) >= 11 is 6.06. The summed E-state index contributed by atoms with van der Waals surface area (Å²) in [5.74, 6) is 1.09. The predicted molar refractivity (Wildman–Crippen MR) is 101 cm³/mol. The van der Waals surface area contributed by atoms with E-state index in [9.17, 15) is 4.79 Å². The normalized spacial score (nSPS) is 13.2. The van der Waals surface area contributed by atoms with Gasteiger partial charge in [0.25, 0.3) is 5.91 Å². The molecule has 0 unspecified atom stereocenters. The molecular formula is C21H17ClN2O2. The maximum absolute atomic E-state index is 12.9. The van der Waals surface area contributed by atoms with Crippen molar-refractivity contribution < 1.29 is 9.53 Å². The van der Waals surface area contributed by atoms with E-state index in [0.717, 1.165) is 17.0 Å². The van der Waals surface area contributed by atoms with Gasteiger partial charge in [0.1, 0.15) is 5.75 Å². The number of halogens is 1. The van der Waals surface area contributed by atoms with E-state index in [0.29, 0.717) is 30.3 Å². The van der Waals surface area contributed by atoms with E-state index >= 15 is 0 Å². The third-order valence-electron chi connectivity index (χ3n) is 4.41. The molecule has 0 saturated carbocycles. The molecule has 0 aliphatic carbocycles. The van der Waals surface area contributed by atoms with Crippen LogP contribution in [-0.2, 0) is 13.0 Å². The van der Waals surface area contributed by atoms with Crippen LogP contribution in [0, 0.1) is 0 Å². The van der Waals surface area contributed by atoms with Gasteiger partial charge in [-0.1, -0.05) is 29.8 Å². The number of carbonyl (C=O) groups is 1. The maximum Gasteiger partial charge on any atom is 0.254 e. The van der Waals surface area contributed by atoms with Gasteiger partial charge in [0.05, 0.1) is 0 Å². The zero-order valence-electron chi connectivity index (χ0n) is 14.1. The highest BCUT2D eigenvalue weighted by molar-refractivity contribution is 6.30. The monoisotopic (exact) mass is 364 g/mol. The van der Waals surface area contributed by atoms with Crippen LogP contribution < -0.4 is 4.74 Å². The number of hydrogen-bond donors (Lipinski definition) is 0. The quantitative estimate of drug-likeness (QED) is 0.675. The molecule has 5 heteroatoms. The Kier molecular flexibility index (Phi) is 4.59. The summed E-state index contributed by atoms with van der Waals surface area (Å²) in [6, 6.07) is 18.5. The van der Waals surface area contributed by atoms with Crippen molar-refractivity contribution in [3.8, 4) is 11.6 Å². The summed E-state index contributed by atoms with van der Waals surface area (Å²) < 4.78 is 5.73. The molecule has 2 aromatic carbocycles. The first-order valence-corrected chi connectivity index (χ1v) is 8.82. The van der Waals surface area contributed by atoms with Gasteiger partial charge in [-0.05, 0) is 53.9 Å². The van der Waals surface area contributed by atoms with Gasteiger partial charge >= 0.3 is 0 Å². The molecule has 0 saturated heterocycles. The average molecular weight is 365 g/mol. The topological polar surface area (TPSA) is 42.4 Å². The molecule has 0 radical (unpaired) electrons. The van der Waals surface area contributed by atoms with Gasteiger partial charge in [-0.2, -0.15) is 0 Å². The molecule has 4 nitrogen and oxygen atoms in total. The maximum atomic E-state index is 12.9. The van der Waals surface area contributed by atoms with E-state index in [1.165, 1.54) is 5.56 Å². The van der Waals surface area contributed by atoms with Gasteiger partial charge in [0.15, 0.2) is 0 Å². The molecule has 26 heavy (non-hydrogen) atoms. The van der Waals surface area contributed by atoms with Gasteiger partial charge in [0.2, 0.25) is 5.88 Å². The molecular weight excluding hydrogens is 348 g/mol. The first kappa shape index (κ1) is 16.6. The fourth-order valence-corrected chi connectivity index (χ4v) is 3.29.